The van der Waals surface area contributed by atoms with E-state index in [0.29, 0.717) is 17.9 Å². The fourth-order valence-electron chi connectivity index (χ4n) is 3.37. The molecular weight excluding hydrogens is 316 g/mol. The first-order valence-electron chi connectivity index (χ1n) is 8.74. The number of nitrogens with zero attached hydrogens (tertiary/aromatic N) is 1. The number of rotatable bonds is 3. The maximum atomic E-state index is 13.0. The molecule has 0 spiro atoms. The van der Waals surface area contributed by atoms with Crippen molar-refractivity contribution < 1.29 is 14.3 Å². The zero-order chi connectivity index (χ0) is 18.0. The largest absolute Gasteiger partial charge is 0.462 e. The summed E-state index contributed by atoms with van der Waals surface area (Å²) in [5, 5.41) is 0.944. The van der Waals surface area contributed by atoms with Crippen molar-refractivity contribution in [2.45, 2.75) is 32.6 Å². The van der Waals surface area contributed by atoms with E-state index in [9.17, 15) is 9.59 Å². The number of allylic oxidation sites excluding steroid dienone is 1. The Morgan fingerprint density at radius 1 is 1.28 bits per heavy atom. The van der Waals surface area contributed by atoms with Crippen molar-refractivity contribution in [3.63, 3.8) is 0 Å². The lowest BCUT2D eigenvalue weighted by Gasteiger charge is -2.15. The van der Waals surface area contributed by atoms with Crippen molar-refractivity contribution in [2.24, 2.45) is 0 Å². The molecule has 25 heavy (non-hydrogen) atoms. The van der Waals surface area contributed by atoms with Crippen molar-refractivity contribution in [3.05, 3.63) is 46.8 Å². The molecule has 0 amide bonds. The van der Waals surface area contributed by atoms with Gasteiger partial charge in [-0.1, -0.05) is 0 Å². The average Bonchev–Trinajstić information content (AvgIpc) is 2.93. The fourth-order valence-corrected chi connectivity index (χ4v) is 3.37. The smallest absolute Gasteiger partial charge is 0.338 e. The summed E-state index contributed by atoms with van der Waals surface area (Å²) in [6.07, 6.45) is 5.53. The van der Waals surface area contributed by atoms with Gasteiger partial charge in [-0.15, -0.1) is 0 Å². The van der Waals surface area contributed by atoms with Crippen LogP contribution in [0.2, 0.25) is 0 Å². The second kappa shape index (κ2) is 7.13. The second-order valence-corrected chi connectivity index (χ2v) is 6.61. The van der Waals surface area contributed by atoms with E-state index in [1.165, 1.54) is 0 Å². The predicted octanol–water partition coefficient (Wildman–Crippen LogP) is 3.70. The molecule has 1 N–H and O–H groups in total. The molecule has 0 radical (unpaired) electrons. The quantitative estimate of drug-likeness (QED) is 0.683. The van der Waals surface area contributed by atoms with Gasteiger partial charge < -0.3 is 14.6 Å². The monoisotopic (exact) mass is 340 g/mol. The number of ketones is 1. The zero-order valence-electron chi connectivity index (χ0n) is 15.0. The van der Waals surface area contributed by atoms with Crippen LogP contribution in [0.1, 0.15) is 52.6 Å². The number of carbonyl (C=O) groups excluding carboxylic acids is 2. The third-order valence-electron chi connectivity index (χ3n) is 4.47. The molecule has 0 bridgehead atoms. The van der Waals surface area contributed by atoms with Gasteiger partial charge in [0.2, 0.25) is 5.78 Å². The number of aromatic nitrogens is 1. The van der Waals surface area contributed by atoms with E-state index in [0.717, 1.165) is 47.7 Å². The van der Waals surface area contributed by atoms with Crippen LogP contribution in [0.25, 0.3) is 10.9 Å². The minimum Gasteiger partial charge on any atom is -0.462 e. The van der Waals surface area contributed by atoms with Crippen LogP contribution >= 0.6 is 0 Å². The summed E-state index contributed by atoms with van der Waals surface area (Å²) in [5.41, 5.74) is 3.90. The van der Waals surface area contributed by atoms with Crippen LogP contribution in [-0.2, 0) is 11.2 Å². The van der Waals surface area contributed by atoms with Crippen LogP contribution in [0.5, 0.6) is 0 Å². The molecule has 0 fully saturated rings. The minimum atomic E-state index is -0.329. The number of nitrogens with one attached hydrogen (secondary N) is 1. The van der Waals surface area contributed by atoms with Gasteiger partial charge >= 0.3 is 5.97 Å². The predicted molar refractivity (Wildman–Crippen MR) is 97.9 cm³/mol. The molecule has 2 aromatic rings. The standard InChI is InChI=1S/C20H24N2O3/c1-4-25-20(24)13-9-10-17-16(11-13)15-8-6-5-7-14(12-22(2)3)19(23)18(15)21-17/h9-12,21H,4-8H2,1-3H3. The van der Waals surface area contributed by atoms with E-state index in [1.807, 2.05) is 37.3 Å². The Kier molecular flexibility index (Phi) is 4.93. The molecule has 5 nitrogen and oxygen atoms in total. The van der Waals surface area contributed by atoms with Gasteiger partial charge in [-0.25, -0.2) is 4.79 Å². The van der Waals surface area contributed by atoms with Gasteiger partial charge in [0.1, 0.15) is 0 Å². The first kappa shape index (κ1) is 17.3. The second-order valence-electron chi connectivity index (χ2n) is 6.61. The summed E-state index contributed by atoms with van der Waals surface area (Å²) < 4.78 is 5.09. The Labute approximate surface area is 147 Å². The number of ether oxygens (including phenoxy) is 1. The molecular formula is C20H24N2O3. The van der Waals surface area contributed by atoms with Crippen molar-refractivity contribution >= 4 is 22.7 Å². The fraction of sp³-hybridized carbons (Fsp3) is 0.400. The van der Waals surface area contributed by atoms with Crippen LogP contribution in [0.3, 0.4) is 0 Å². The maximum absolute atomic E-state index is 13.0. The summed E-state index contributed by atoms with van der Waals surface area (Å²) in [6, 6.07) is 5.44. The van der Waals surface area contributed by atoms with Gasteiger partial charge in [-0.05, 0) is 56.4 Å². The third-order valence-corrected chi connectivity index (χ3v) is 4.47. The van der Waals surface area contributed by atoms with Crippen molar-refractivity contribution in [1.29, 1.82) is 0 Å². The summed E-state index contributed by atoms with van der Waals surface area (Å²) in [6.45, 7) is 2.14. The molecule has 5 heteroatoms. The van der Waals surface area contributed by atoms with Gasteiger partial charge in [0.15, 0.2) is 0 Å². The Balaban J connectivity index is 2.10. The summed E-state index contributed by atoms with van der Waals surface area (Å²) in [5.74, 6) is -0.276. The van der Waals surface area contributed by atoms with E-state index < -0.39 is 0 Å². The van der Waals surface area contributed by atoms with Crippen molar-refractivity contribution in [1.82, 2.24) is 9.88 Å². The normalized spacial score (nSPS) is 16.4. The number of benzene rings is 1. The highest BCUT2D eigenvalue weighted by molar-refractivity contribution is 6.12. The van der Waals surface area contributed by atoms with Crippen LogP contribution < -0.4 is 0 Å². The summed E-state index contributed by atoms with van der Waals surface area (Å²) >= 11 is 0. The number of aromatic amines is 1. The molecule has 132 valence electrons. The highest BCUT2D eigenvalue weighted by Crippen LogP contribution is 2.30. The van der Waals surface area contributed by atoms with Crippen LogP contribution in [0, 0.1) is 0 Å². The number of Topliss-reactive ketones (excluding diaryl/α,β-unsaturated/α-hetero) is 1. The zero-order valence-corrected chi connectivity index (χ0v) is 15.0. The molecule has 0 saturated heterocycles. The Hall–Kier alpha value is -2.56. The molecule has 0 atom stereocenters. The van der Waals surface area contributed by atoms with E-state index >= 15 is 0 Å². The topological polar surface area (TPSA) is 62.4 Å². The van der Waals surface area contributed by atoms with Crippen LogP contribution in [0.4, 0.5) is 0 Å². The van der Waals surface area contributed by atoms with E-state index in [-0.39, 0.29) is 11.8 Å². The number of esters is 1. The Bertz CT molecular complexity index is 846. The molecule has 1 aliphatic carbocycles. The first-order chi connectivity index (χ1) is 12.0. The molecule has 0 saturated carbocycles. The molecule has 0 unspecified atom stereocenters. The molecule has 1 heterocycles. The molecule has 3 rings (SSSR count). The van der Waals surface area contributed by atoms with E-state index in [1.54, 1.807) is 13.0 Å². The van der Waals surface area contributed by atoms with Crippen LogP contribution in [-0.4, -0.2) is 42.3 Å². The lowest BCUT2D eigenvalue weighted by molar-refractivity contribution is 0.0526. The lowest BCUT2D eigenvalue weighted by atomic mass is 9.92. The molecule has 1 aromatic carbocycles. The first-order valence-corrected chi connectivity index (χ1v) is 8.74. The lowest BCUT2D eigenvalue weighted by Crippen LogP contribution is -2.13. The Morgan fingerprint density at radius 2 is 2.04 bits per heavy atom. The summed E-state index contributed by atoms with van der Waals surface area (Å²) in [7, 11) is 3.85. The average molecular weight is 340 g/mol. The van der Waals surface area contributed by atoms with Crippen molar-refractivity contribution in [3.8, 4) is 0 Å². The van der Waals surface area contributed by atoms with Gasteiger partial charge in [-0.2, -0.15) is 0 Å². The molecule has 0 aliphatic heterocycles. The van der Waals surface area contributed by atoms with Gasteiger partial charge in [0, 0.05) is 36.8 Å². The number of fused-ring (bicyclic) bond motifs is 3. The van der Waals surface area contributed by atoms with E-state index in [2.05, 4.69) is 4.98 Å². The van der Waals surface area contributed by atoms with E-state index in [4.69, 9.17) is 4.74 Å². The third kappa shape index (κ3) is 3.45. The maximum Gasteiger partial charge on any atom is 0.338 e. The number of carbonyl (C=O) groups is 2. The highest BCUT2D eigenvalue weighted by atomic mass is 16.5. The van der Waals surface area contributed by atoms with Gasteiger partial charge in [0.05, 0.1) is 17.9 Å². The number of aryl methyl sites for hydroxylation is 1. The van der Waals surface area contributed by atoms with Crippen molar-refractivity contribution in [2.75, 3.05) is 20.7 Å². The number of hydrogen-bond donors (Lipinski definition) is 1. The molecule has 1 aliphatic rings. The SMILES string of the molecule is CCOC(=O)c1ccc2[nH]c3c(c2c1)CCCCC(=CN(C)C)C3=O. The minimum absolute atomic E-state index is 0.0530. The number of hydrogen-bond acceptors (Lipinski definition) is 4. The highest BCUT2D eigenvalue weighted by Gasteiger charge is 2.23. The van der Waals surface area contributed by atoms with Gasteiger partial charge in [-0.3, -0.25) is 4.79 Å². The van der Waals surface area contributed by atoms with Crippen LogP contribution in [0.15, 0.2) is 30.0 Å². The molecule has 1 aromatic heterocycles. The summed E-state index contributed by atoms with van der Waals surface area (Å²) in [4.78, 5) is 30.2. The number of H-pyrrole nitrogens is 1. The van der Waals surface area contributed by atoms with Gasteiger partial charge in [0.25, 0.3) is 0 Å². The Morgan fingerprint density at radius 3 is 2.76 bits per heavy atom.